The van der Waals surface area contributed by atoms with Gasteiger partial charge in [0.05, 0.1) is 0 Å². The predicted molar refractivity (Wildman–Crippen MR) is 192 cm³/mol. The van der Waals surface area contributed by atoms with Gasteiger partial charge in [-0.05, 0) is 38.5 Å². The van der Waals surface area contributed by atoms with Gasteiger partial charge in [0.25, 0.3) is 0 Å². The second kappa shape index (κ2) is 37.1. The number of aliphatic hydroxyl groups excluding tert-OH is 1. The Balaban J connectivity index is 3.41. The van der Waals surface area contributed by atoms with Crippen LogP contribution in [0.15, 0.2) is 12.2 Å². The van der Waals surface area contributed by atoms with Gasteiger partial charge in [-0.15, -0.1) is 0 Å². The molecule has 1 atom stereocenters. The molecule has 0 aliphatic heterocycles. The number of hydrogen-bond donors (Lipinski definition) is 1. The van der Waals surface area contributed by atoms with Crippen molar-refractivity contribution in [3.63, 3.8) is 0 Å². The fraction of sp³-hybridized carbons (Fsp3) is 0.900. The molecule has 0 heterocycles. The first-order valence-electron chi connectivity index (χ1n) is 19.7. The van der Waals surface area contributed by atoms with E-state index >= 15 is 0 Å². The largest absolute Gasteiger partial charge is 0.463 e. The van der Waals surface area contributed by atoms with Crippen molar-refractivity contribution in [1.29, 1.82) is 0 Å². The number of hydrogen-bond acceptors (Lipinski definition) is 5. The first-order chi connectivity index (χ1) is 22.1. The SMILES string of the molecule is CCCCCCCCC=CCCCCCCCCC(=O)OCC(O)COC(=O)CCCCCCCCCCCCCCCCC. The van der Waals surface area contributed by atoms with Crippen molar-refractivity contribution in [2.24, 2.45) is 0 Å². The molecule has 0 aliphatic rings. The lowest BCUT2D eigenvalue weighted by Gasteiger charge is -2.12. The van der Waals surface area contributed by atoms with Crippen LogP contribution in [0.3, 0.4) is 0 Å². The number of allylic oxidation sites excluding steroid dienone is 2. The summed E-state index contributed by atoms with van der Waals surface area (Å²) < 4.78 is 10.3. The van der Waals surface area contributed by atoms with Gasteiger partial charge in [-0.2, -0.15) is 0 Å². The fourth-order valence-electron chi connectivity index (χ4n) is 5.73. The second-order valence-corrected chi connectivity index (χ2v) is 13.4. The minimum absolute atomic E-state index is 0.112. The molecule has 0 saturated carbocycles. The summed E-state index contributed by atoms with van der Waals surface area (Å²) in [7, 11) is 0. The van der Waals surface area contributed by atoms with Crippen molar-refractivity contribution >= 4 is 11.9 Å². The number of unbranched alkanes of at least 4 members (excludes halogenated alkanes) is 26. The topological polar surface area (TPSA) is 72.8 Å². The Morgan fingerprint density at radius 1 is 0.444 bits per heavy atom. The lowest BCUT2D eigenvalue weighted by Crippen LogP contribution is -2.25. The summed E-state index contributed by atoms with van der Waals surface area (Å²) in [5, 5.41) is 10.0. The number of aliphatic hydroxyl groups is 1. The van der Waals surface area contributed by atoms with Crippen molar-refractivity contribution in [1.82, 2.24) is 0 Å². The van der Waals surface area contributed by atoms with Gasteiger partial charge in [0.1, 0.15) is 19.3 Å². The number of carbonyl (C=O) groups is 2. The van der Waals surface area contributed by atoms with Crippen molar-refractivity contribution < 1.29 is 24.2 Å². The van der Waals surface area contributed by atoms with E-state index in [4.69, 9.17) is 9.47 Å². The highest BCUT2D eigenvalue weighted by Crippen LogP contribution is 2.14. The Hall–Kier alpha value is -1.36. The normalized spacial score (nSPS) is 12.2. The van der Waals surface area contributed by atoms with Crippen LogP contribution in [-0.2, 0) is 19.1 Å². The van der Waals surface area contributed by atoms with Gasteiger partial charge in [0, 0.05) is 12.8 Å². The van der Waals surface area contributed by atoms with Crippen LogP contribution in [0.25, 0.3) is 0 Å². The van der Waals surface area contributed by atoms with E-state index in [0.29, 0.717) is 12.8 Å². The van der Waals surface area contributed by atoms with Crippen molar-refractivity contribution in [2.45, 2.75) is 219 Å². The third kappa shape index (κ3) is 37.0. The van der Waals surface area contributed by atoms with E-state index in [1.54, 1.807) is 0 Å². The highest BCUT2D eigenvalue weighted by Gasteiger charge is 2.12. The zero-order valence-electron chi connectivity index (χ0n) is 30.1. The van der Waals surface area contributed by atoms with E-state index < -0.39 is 6.10 Å². The Kier molecular flexibility index (Phi) is 36.0. The van der Waals surface area contributed by atoms with E-state index in [1.807, 2.05) is 0 Å². The lowest BCUT2D eigenvalue weighted by molar-refractivity contribution is -0.152. The number of carbonyl (C=O) groups excluding carboxylic acids is 2. The Bertz CT molecular complexity index is 647. The van der Waals surface area contributed by atoms with E-state index in [2.05, 4.69) is 26.0 Å². The highest BCUT2D eigenvalue weighted by molar-refractivity contribution is 5.69. The summed E-state index contributed by atoms with van der Waals surface area (Å²) in [6, 6.07) is 0. The van der Waals surface area contributed by atoms with Gasteiger partial charge in [-0.1, -0.05) is 174 Å². The van der Waals surface area contributed by atoms with E-state index in [0.717, 1.165) is 32.1 Å². The summed E-state index contributed by atoms with van der Waals surface area (Å²) in [5.74, 6) is -0.562. The van der Waals surface area contributed by atoms with Crippen molar-refractivity contribution in [2.75, 3.05) is 13.2 Å². The van der Waals surface area contributed by atoms with E-state index in [1.165, 1.54) is 154 Å². The molecule has 0 aromatic carbocycles. The van der Waals surface area contributed by atoms with E-state index in [9.17, 15) is 14.7 Å². The van der Waals surface area contributed by atoms with Gasteiger partial charge in [-0.25, -0.2) is 0 Å². The third-order valence-corrected chi connectivity index (χ3v) is 8.75. The average Bonchev–Trinajstić information content (AvgIpc) is 3.04. The maximum absolute atomic E-state index is 12.0. The Morgan fingerprint density at radius 3 is 1.02 bits per heavy atom. The first-order valence-corrected chi connectivity index (χ1v) is 19.7. The quantitative estimate of drug-likeness (QED) is 0.0421. The summed E-state index contributed by atoms with van der Waals surface area (Å²) in [5.41, 5.74) is 0. The smallest absolute Gasteiger partial charge is 0.305 e. The maximum Gasteiger partial charge on any atom is 0.305 e. The molecule has 0 fully saturated rings. The first kappa shape index (κ1) is 43.6. The Morgan fingerprint density at radius 2 is 0.711 bits per heavy atom. The molecule has 266 valence electrons. The van der Waals surface area contributed by atoms with Crippen LogP contribution in [0.1, 0.15) is 213 Å². The molecule has 0 amide bonds. The number of ether oxygens (including phenoxy) is 2. The number of rotatable bonds is 36. The molecule has 1 N–H and O–H groups in total. The lowest BCUT2D eigenvalue weighted by atomic mass is 10.0. The van der Waals surface area contributed by atoms with Crippen LogP contribution in [-0.4, -0.2) is 36.4 Å². The van der Waals surface area contributed by atoms with Gasteiger partial charge < -0.3 is 14.6 Å². The molecule has 0 spiro atoms. The van der Waals surface area contributed by atoms with Crippen LogP contribution >= 0.6 is 0 Å². The third-order valence-electron chi connectivity index (χ3n) is 8.75. The van der Waals surface area contributed by atoms with Crippen LogP contribution in [0.2, 0.25) is 0 Å². The molecule has 0 aromatic rings. The van der Waals surface area contributed by atoms with Crippen LogP contribution < -0.4 is 0 Å². The average molecular weight is 637 g/mol. The zero-order valence-corrected chi connectivity index (χ0v) is 30.1. The second-order valence-electron chi connectivity index (χ2n) is 13.4. The molecule has 0 bridgehead atoms. The minimum atomic E-state index is -0.959. The van der Waals surface area contributed by atoms with E-state index in [-0.39, 0.29) is 25.2 Å². The predicted octanol–water partition coefficient (Wildman–Crippen LogP) is 12.1. The molecule has 5 nitrogen and oxygen atoms in total. The zero-order chi connectivity index (χ0) is 32.9. The molecule has 0 saturated heterocycles. The fourth-order valence-corrected chi connectivity index (χ4v) is 5.73. The molecular formula is C40H76O5. The summed E-state index contributed by atoms with van der Waals surface area (Å²) >= 11 is 0. The van der Waals surface area contributed by atoms with Gasteiger partial charge >= 0.3 is 11.9 Å². The van der Waals surface area contributed by atoms with Gasteiger partial charge in [0.15, 0.2) is 0 Å². The molecule has 45 heavy (non-hydrogen) atoms. The number of esters is 2. The van der Waals surface area contributed by atoms with Crippen molar-refractivity contribution in [3.8, 4) is 0 Å². The van der Waals surface area contributed by atoms with Gasteiger partial charge in [0.2, 0.25) is 0 Å². The van der Waals surface area contributed by atoms with Crippen LogP contribution in [0.4, 0.5) is 0 Å². The standard InChI is InChI=1S/C40H76O5/c1-3-5-7-9-11-13-15-17-19-21-23-25-27-29-31-33-35-40(43)45-37-38(41)36-44-39(42)34-32-30-28-26-24-22-20-18-16-14-12-10-8-6-4-2/h17,19,38,41H,3-16,18,20-37H2,1-2H3. The van der Waals surface area contributed by atoms with Crippen LogP contribution in [0, 0.1) is 0 Å². The maximum atomic E-state index is 12.0. The minimum Gasteiger partial charge on any atom is -0.463 e. The molecule has 5 heteroatoms. The van der Waals surface area contributed by atoms with Gasteiger partial charge in [-0.3, -0.25) is 9.59 Å². The van der Waals surface area contributed by atoms with Crippen molar-refractivity contribution in [3.05, 3.63) is 12.2 Å². The molecule has 0 aromatic heterocycles. The monoisotopic (exact) mass is 637 g/mol. The highest BCUT2D eigenvalue weighted by atomic mass is 16.6. The summed E-state index contributed by atoms with van der Waals surface area (Å²) in [6.45, 7) is 4.31. The molecule has 1 unspecified atom stereocenters. The molecule has 0 radical (unpaired) electrons. The Labute approximate surface area is 280 Å². The summed E-state index contributed by atoms with van der Waals surface area (Å²) in [4.78, 5) is 23.9. The molecule has 0 rings (SSSR count). The summed E-state index contributed by atoms with van der Waals surface area (Å²) in [6.07, 6.45) is 41.2. The molecular weight excluding hydrogens is 560 g/mol. The van der Waals surface area contributed by atoms with Crippen LogP contribution in [0.5, 0.6) is 0 Å². The molecule has 0 aliphatic carbocycles.